The predicted molar refractivity (Wildman–Crippen MR) is 76.1 cm³/mol. The van der Waals surface area contributed by atoms with Crippen molar-refractivity contribution in [3.63, 3.8) is 0 Å². The summed E-state index contributed by atoms with van der Waals surface area (Å²) in [6.45, 7) is 2.20. The summed E-state index contributed by atoms with van der Waals surface area (Å²) in [5, 5.41) is 0. The Bertz CT molecular complexity index is 482. The molecule has 0 bridgehead atoms. The summed E-state index contributed by atoms with van der Waals surface area (Å²) in [5.74, 6) is 0.937. The Hall–Kier alpha value is -0.500. The minimum atomic E-state index is -3.44. The molecule has 7 heteroatoms. The van der Waals surface area contributed by atoms with Crippen molar-refractivity contribution < 1.29 is 8.42 Å². The van der Waals surface area contributed by atoms with Gasteiger partial charge in [-0.15, -0.1) is 0 Å². The van der Waals surface area contributed by atoms with Crippen LogP contribution in [0.15, 0.2) is 17.2 Å². The van der Waals surface area contributed by atoms with Gasteiger partial charge in [0.15, 0.2) is 0 Å². The average molecular weight is 291 g/mol. The highest BCUT2D eigenvalue weighted by molar-refractivity contribution is 7.98. The maximum Gasteiger partial charge on any atom is 0.242 e. The fraction of sp³-hybridized carbons (Fsp3) is 0.636. The number of hydrogen-bond donors (Lipinski definition) is 2. The Kier molecular flexibility index (Phi) is 5.71. The molecular formula is C11H21N3O2S2. The van der Waals surface area contributed by atoms with Gasteiger partial charge < -0.3 is 10.3 Å². The number of aryl methyl sites for hydroxylation is 1. The third-order valence-electron chi connectivity index (χ3n) is 2.71. The molecule has 1 heterocycles. The van der Waals surface area contributed by atoms with E-state index >= 15 is 0 Å². The van der Waals surface area contributed by atoms with Gasteiger partial charge >= 0.3 is 0 Å². The molecule has 3 N–H and O–H groups in total. The highest BCUT2D eigenvalue weighted by Gasteiger charge is 2.19. The second-order valence-electron chi connectivity index (χ2n) is 4.29. The van der Waals surface area contributed by atoms with Crippen LogP contribution in [-0.4, -0.2) is 31.0 Å². The molecule has 0 saturated carbocycles. The topological polar surface area (TPSA) is 77.1 Å². The van der Waals surface area contributed by atoms with Gasteiger partial charge in [-0.3, -0.25) is 0 Å². The van der Waals surface area contributed by atoms with Crippen molar-refractivity contribution in [2.45, 2.75) is 30.8 Å². The van der Waals surface area contributed by atoms with Crippen LogP contribution in [0.4, 0.5) is 0 Å². The number of nitrogens with one attached hydrogen (secondary N) is 1. The average Bonchev–Trinajstić information content (AvgIpc) is 2.68. The molecule has 18 heavy (non-hydrogen) atoms. The number of sulfonamides is 1. The SMILES string of the molecule is CSCCC(C)NS(=O)(=O)c1cc(CN)n(C)c1. The maximum atomic E-state index is 12.1. The minimum absolute atomic E-state index is 0.0658. The van der Waals surface area contributed by atoms with E-state index in [1.54, 1.807) is 35.6 Å². The van der Waals surface area contributed by atoms with Crippen LogP contribution in [0, 0.1) is 0 Å². The van der Waals surface area contributed by atoms with E-state index in [1.165, 1.54) is 0 Å². The van der Waals surface area contributed by atoms with Crippen LogP contribution in [0.5, 0.6) is 0 Å². The summed E-state index contributed by atoms with van der Waals surface area (Å²) in [4.78, 5) is 0.279. The van der Waals surface area contributed by atoms with Crippen molar-refractivity contribution in [3.05, 3.63) is 18.0 Å². The van der Waals surface area contributed by atoms with Crippen LogP contribution in [-0.2, 0) is 23.6 Å². The highest BCUT2D eigenvalue weighted by atomic mass is 32.2. The van der Waals surface area contributed by atoms with Crippen LogP contribution in [0.3, 0.4) is 0 Å². The van der Waals surface area contributed by atoms with Crippen molar-refractivity contribution in [2.24, 2.45) is 12.8 Å². The second kappa shape index (κ2) is 6.60. The van der Waals surface area contributed by atoms with Gasteiger partial charge in [-0.1, -0.05) is 0 Å². The van der Waals surface area contributed by atoms with Crippen molar-refractivity contribution in [2.75, 3.05) is 12.0 Å². The van der Waals surface area contributed by atoms with Gasteiger partial charge in [-0.25, -0.2) is 13.1 Å². The Balaban J connectivity index is 2.79. The zero-order valence-electron chi connectivity index (χ0n) is 11.0. The number of rotatable bonds is 7. The van der Waals surface area contributed by atoms with Crippen LogP contribution >= 0.6 is 11.8 Å². The molecule has 0 aromatic carbocycles. The molecule has 1 rings (SSSR count). The first kappa shape index (κ1) is 15.6. The number of aromatic nitrogens is 1. The van der Waals surface area contributed by atoms with E-state index in [1.807, 2.05) is 13.2 Å². The summed E-state index contributed by atoms with van der Waals surface area (Å²) < 4.78 is 28.6. The van der Waals surface area contributed by atoms with Crippen LogP contribution in [0.2, 0.25) is 0 Å². The normalized spacial score (nSPS) is 13.8. The van der Waals surface area contributed by atoms with Crippen molar-refractivity contribution in [3.8, 4) is 0 Å². The molecule has 0 spiro atoms. The largest absolute Gasteiger partial charge is 0.352 e. The summed E-state index contributed by atoms with van der Waals surface area (Å²) >= 11 is 1.71. The first-order valence-corrected chi connectivity index (χ1v) is 8.65. The van der Waals surface area contributed by atoms with E-state index < -0.39 is 10.0 Å². The van der Waals surface area contributed by atoms with Crippen LogP contribution in [0.25, 0.3) is 0 Å². The second-order valence-corrected chi connectivity index (χ2v) is 6.99. The van der Waals surface area contributed by atoms with Crippen LogP contribution in [0.1, 0.15) is 19.0 Å². The van der Waals surface area contributed by atoms with E-state index in [0.717, 1.165) is 17.9 Å². The Morgan fingerprint density at radius 1 is 1.56 bits per heavy atom. The number of nitrogens with two attached hydrogens (primary N) is 1. The molecule has 0 radical (unpaired) electrons. The van der Waals surface area contributed by atoms with Crippen molar-refractivity contribution >= 4 is 21.8 Å². The van der Waals surface area contributed by atoms with E-state index in [4.69, 9.17) is 5.73 Å². The van der Waals surface area contributed by atoms with Gasteiger partial charge in [-0.2, -0.15) is 11.8 Å². The summed E-state index contributed by atoms with van der Waals surface area (Å²) in [6, 6.07) is 1.55. The number of thioether (sulfide) groups is 1. The molecule has 0 saturated heterocycles. The van der Waals surface area contributed by atoms with E-state index in [0.29, 0.717) is 6.54 Å². The lowest BCUT2D eigenvalue weighted by atomic mass is 10.3. The molecule has 5 nitrogen and oxygen atoms in total. The Morgan fingerprint density at radius 2 is 2.22 bits per heavy atom. The fourth-order valence-corrected chi connectivity index (χ4v) is 3.57. The third-order valence-corrected chi connectivity index (χ3v) is 4.91. The maximum absolute atomic E-state index is 12.1. The zero-order valence-corrected chi connectivity index (χ0v) is 12.6. The summed E-state index contributed by atoms with van der Waals surface area (Å²) in [5.41, 5.74) is 6.33. The Labute approximate surface area is 113 Å². The molecule has 0 fully saturated rings. The lowest BCUT2D eigenvalue weighted by Gasteiger charge is -2.12. The molecule has 0 amide bonds. The van der Waals surface area contributed by atoms with E-state index in [9.17, 15) is 8.42 Å². The van der Waals surface area contributed by atoms with E-state index in [-0.39, 0.29) is 10.9 Å². The predicted octanol–water partition coefficient (Wildman–Crippen LogP) is 0.904. The van der Waals surface area contributed by atoms with Gasteiger partial charge in [0, 0.05) is 31.5 Å². The van der Waals surface area contributed by atoms with Gasteiger partial charge in [0.2, 0.25) is 10.0 Å². The van der Waals surface area contributed by atoms with E-state index in [2.05, 4.69) is 4.72 Å². The first-order valence-electron chi connectivity index (χ1n) is 5.77. The minimum Gasteiger partial charge on any atom is -0.352 e. The third kappa shape index (κ3) is 4.01. The lowest BCUT2D eigenvalue weighted by Crippen LogP contribution is -2.32. The van der Waals surface area contributed by atoms with Gasteiger partial charge in [0.25, 0.3) is 0 Å². The van der Waals surface area contributed by atoms with Crippen LogP contribution < -0.4 is 10.5 Å². The molecule has 0 aliphatic carbocycles. The summed E-state index contributed by atoms with van der Waals surface area (Å²) in [6.07, 6.45) is 4.41. The number of hydrogen-bond acceptors (Lipinski definition) is 4. The molecule has 1 atom stereocenters. The van der Waals surface area contributed by atoms with Gasteiger partial charge in [0.05, 0.1) is 4.90 Å². The number of nitrogens with zero attached hydrogens (tertiary/aromatic N) is 1. The molecule has 1 aromatic heterocycles. The van der Waals surface area contributed by atoms with Crippen molar-refractivity contribution in [1.29, 1.82) is 0 Å². The van der Waals surface area contributed by atoms with Gasteiger partial charge in [-0.05, 0) is 31.4 Å². The molecule has 0 aliphatic heterocycles. The first-order chi connectivity index (χ1) is 8.40. The quantitative estimate of drug-likeness (QED) is 0.782. The smallest absolute Gasteiger partial charge is 0.242 e. The monoisotopic (exact) mass is 291 g/mol. The van der Waals surface area contributed by atoms with Crippen molar-refractivity contribution in [1.82, 2.24) is 9.29 Å². The molecular weight excluding hydrogens is 270 g/mol. The molecule has 0 aliphatic rings. The highest BCUT2D eigenvalue weighted by Crippen LogP contribution is 2.14. The standard InChI is InChI=1S/C11H21N3O2S2/c1-9(4-5-17-3)13-18(15,16)11-6-10(7-12)14(2)8-11/h6,8-9,13H,4-5,7,12H2,1-3H3. The molecule has 1 unspecified atom stereocenters. The summed E-state index contributed by atoms with van der Waals surface area (Å²) in [7, 11) is -1.65. The Morgan fingerprint density at radius 3 is 2.72 bits per heavy atom. The lowest BCUT2D eigenvalue weighted by molar-refractivity contribution is 0.557. The van der Waals surface area contributed by atoms with Gasteiger partial charge in [0.1, 0.15) is 0 Å². The fourth-order valence-electron chi connectivity index (χ4n) is 1.61. The molecule has 104 valence electrons. The molecule has 1 aromatic rings. The zero-order chi connectivity index (χ0) is 13.8.